The van der Waals surface area contributed by atoms with Gasteiger partial charge in [-0.25, -0.2) is 0 Å². The number of nitrogen functional groups attached to an aromatic ring is 1. The fourth-order valence-electron chi connectivity index (χ4n) is 0.730. The topological polar surface area (TPSA) is 85.3 Å². The van der Waals surface area contributed by atoms with Crippen molar-refractivity contribution in [2.45, 2.75) is 0 Å². The zero-order chi connectivity index (χ0) is 9.30. The van der Waals surface area contributed by atoms with Crippen LogP contribution >= 0.6 is 11.3 Å². The van der Waals surface area contributed by atoms with Crippen LogP contribution in [0.2, 0.25) is 0 Å². The highest BCUT2D eigenvalue weighted by atomic mass is 32.1. The van der Waals surface area contributed by atoms with Crippen LogP contribution < -0.4 is 10.6 Å². The Hall–Kier alpha value is -1.37. The van der Waals surface area contributed by atoms with Gasteiger partial charge in [0.25, 0.3) is 0 Å². The van der Waals surface area contributed by atoms with E-state index in [4.69, 9.17) is 5.73 Å². The van der Waals surface area contributed by atoms with Crippen molar-refractivity contribution >= 4 is 27.3 Å². The monoisotopic (exact) mass is 188 g/mol. The average molecular weight is 188 g/mol. The minimum Gasteiger partial charge on any atom is -0.375 e. The largest absolute Gasteiger partial charge is 0.375 e. The standard InChI is InChI=1S/C5H8N4O2S/c1-8(2)3-4(9(10)11)12-5(6)7-3/h1-2H3,(H2,6,7). The SMILES string of the molecule is CN(C)c1nc(N)sc1[N+](=O)[O-]. The quantitative estimate of drug-likeness (QED) is 0.545. The predicted molar refractivity (Wildman–Crippen MR) is 47.5 cm³/mol. The molecule has 0 spiro atoms. The van der Waals surface area contributed by atoms with E-state index < -0.39 is 4.92 Å². The van der Waals surface area contributed by atoms with E-state index in [1.807, 2.05) is 0 Å². The van der Waals surface area contributed by atoms with E-state index in [0.717, 1.165) is 11.3 Å². The Balaban J connectivity index is 3.17. The number of hydrogen-bond acceptors (Lipinski definition) is 6. The molecule has 1 aromatic rings. The molecule has 12 heavy (non-hydrogen) atoms. The van der Waals surface area contributed by atoms with Crippen molar-refractivity contribution in [2.24, 2.45) is 0 Å². The third-order valence-corrected chi connectivity index (χ3v) is 2.02. The summed E-state index contributed by atoms with van der Waals surface area (Å²) < 4.78 is 0. The Morgan fingerprint density at radius 2 is 2.25 bits per heavy atom. The Morgan fingerprint density at radius 3 is 2.58 bits per heavy atom. The third kappa shape index (κ3) is 1.45. The van der Waals surface area contributed by atoms with Crippen LogP contribution in [-0.2, 0) is 0 Å². The first-order valence-electron chi connectivity index (χ1n) is 3.10. The number of rotatable bonds is 2. The molecule has 0 aromatic carbocycles. The number of anilines is 2. The number of hydrogen-bond donors (Lipinski definition) is 1. The van der Waals surface area contributed by atoms with Crippen molar-refractivity contribution in [3.63, 3.8) is 0 Å². The van der Waals surface area contributed by atoms with Crippen LogP contribution in [0.4, 0.5) is 16.0 Å². The van der Waals surface area contributed by atoms with E-state index in [9.17, 15) is 10.1 Å². The second kappa shape index (κ2) is 2.94. The molecular weight excluding hydrogens is 180 g/mol. The number of nitro groups is 1. The van der Waals surface area contributed by atoms with Crippen LogP contribution in [-0.4, -0.2) is 24.0 Å². The predicted octanol–water partition coefficient (Wildman–Crippen LogP) is 0.699. The van der Waals surface area contributed by atoms with Gasteiger partial charge < -0.3 is 10.6 Å². The lowest BCUT2D eigenvalue weighted by Gasteiger charge is -2.05. The van der Waals surface area contributed by atoms with Crippen molar-refractivity contribution < 1.29 is 4.92 Å². The Kier molecular flexibility index (Phi) is 2.13. The zero-order valence-electron chi connectivity index (χ0n) is 6.64. The molecule has 7 heteroatoms. The van der Waals surface area contributed by atoms with Gasteiger partial charge in [-0.2, -0.15) is 4.98 Å². The first-order valence-corrected chi connectivity index (χ1v) is 3.92. The number of nitrogens with zero attached hydrogens (tertiary/aromatic N) is 3. The first-order chi connectivity index (χ1) is 5.52. The van der Waals surface area contributed by atoms with Crippen molar-refractivity contribution in [1.29, 1.82) is 0 Å². The van der Waals surface area contributed by atoms with Gasteiger partial charge in [0, 0.05) is 14.1 Å². The highest BCUT2D eigenvalue weighted by molar-refractivity contribution is 7.19. The van der Waals surface area contributed by atoms with Gasteiger partial charge in [0.15, 0.2) is 5.13 Å². The number of thiazole rings is 1. The summed E-state index contributed by atoms with van der Waals surface area (Å²) in [6.45, 7) is 0. The molecule has 0 saturated carbocycles. The number of nitrogens with two attached hydrogens (primary N) is 1. The summed E-state index contributed by atoms with van der Waals surface area (Å²) in [5, 5.41) is 10.6. The van der Waals surface area contributed by atoms with Gasteiger partial charge in [0.2, 0.25) is 5.82 Å². The van der Waals surface area contributed by atoms with Crippen LogP contribution in [0.15, 0.2) is 0 Å². The molecule has 6 nitrogen and oxygen atoms in total. The molecule has 0 aliphatic carbocycles. The molecular formula is C5H8N4O2S. The first kappa shape index (κ1) is 8.72. The van der Waals surface area contributed by atoms with Gasteiger partial charge in [-0.15, -0.1) is 0 Å². The molecule has 0 radical (unpaired) electrons. The van der Waals surface area contributed by atoms with Crippen LogP contribution in [0.25, 0.3) is 0 Å². The molecule has 0 bridgehead atoms. The molecule has 1 aromatic heterocycles. The summed E-state index contributed by atoms with van der Waals surface area (Å²) in [7, 11) is 3.36. The minimum atomic E-state index is -0.483. The average Bonchev–Trinajstić information content (AvgIpc) is 2.31. The van der Waals surface area contributed by atoms with Crippen LogP contribution in [0, 0.1) is 10.1 Å². The van der Waals surface area contributed by atoms with E-state index in [-0.39, 0.29) is 10.1 Å². The molecule has 0 saturated heterocycles. The van der Waals surface area contributed by atoms with E-state index in [2.05, 4.69) is 4.98 Å². The third-order valence-electron chi connectivity index (χ3n) is 1.20. The van der Waals surface area contributed by atoms with Gasteiger partial charge in [-0.3, -0.25) is 10.1 Å². The van der Waals surface area contributed by atoms with Crippen molar-refractivity contribution in [1.82, 2.24) is 4.98 Å². The van der Waals surface area contributed by atoms with Crippen LogP contribution in [0.1, 0.15) is 0 Å². The summed E-state index contributed by atoms with van der Waals surface area (Å²) in [6.07, 6.45) is 0. The van der Waals surface area contributed by atoms with E-state index in [0.29, 0.717) is 5.82 Å². The van der Waals surface area contributed by atoms with Crippen LogP contribution in [0.5, 0.6) is 0 Å². The summed E-state index contributed by atoms with van der Waals surface area (Å²) >= 11 is 0.877. The Labute approximate surface area is 72.8 Å². The molecule has 0 aliphatic heterocycles. The smallest absolute Gasteiger partial charge is 0.369 e. The lowest BCUT2D eigenvalue weighted by atomic mass is 10.6. The molecule has 0 atom stereocenters. The molecule has 0 amide bonds. The Morgan fingerprint density at radius 1 is 1.67 bits per heavy atom. The van der Waals surface area contributed by atoms with E-state index in [1.54, 1.807) is 19.0 Å². The molecule has 1 heterocycles. The molecule has 0 fully saturated rings. The van der Waals surface area contributed by atoms with Gasteiger partial charge in [-0.1, -0.05) is 0 Å². The molecule has 2 N–H and O–H groups in total. The second-order valence-corrected chi connectivity index (χ2v) is 3.34. The van der Waals surface area contributed by atoms with E-state index in [1.165, 1.54) is 0 Å². The van der Waals surface area contributed by atoms with Crippen LogP contribution in [0.3, 0.4) is 0 Å². The van der Waals surface area contributed by atoms with Gasteiger partial charge in [-0.05, 0) is 11.3 Å². The summed E-state index contributed by atoms with van der Waals surface area (Å²) in [4.78, 5) is 15.3. The normalized spacial score (nSPS) is 9.83. The number of aromatic nitrogens is 1. The van der Waals surface area contributed by atoms with Gasteiger partial charge in [0.05, 0.1) is 4.92 Å². The van der Waals surface area contributed by atoms with Crippen molar-refractivity contribution in [3.8, 4) is 0 Å². The van der Waals surface area contributed by atoms with Gasteiger partial charge in [0.1, 0.15) is 0 Å². The molecule has 0 aliphatic rings. The lowest BCUT2D eigenvalue weighted by Crippen LogP contribution is -2.10. The summed E-state index contributed by atoms with van der Waals surface area (Å²) in [5.74, 6) is 0.308. The second-order valence-electron chi connectivity index (χ2n) is 2.33. The fourth-order valence-corrected chi connectivity index (χ4v) is 1.45. The molecule has 66 valence electrons. The molecule has 0 unspecified atom stereocenters. The highest BCUT2D eigenvalue weighted by Crippen LogP contribution is 2.33. The minimum absolute atomic E-state index is 0.0162. The maximum Gasteiger partial charge on any atom is 0.369 e. The van der Waals surface area contributed by atoms with Gasteiger partial charge >= 0.3 is 5.00 Å². The van der Waals surface area contributed by atoms with Crippen molar-refractivity contribution in [2.75, 3.05) is 24.7 Å². The van der Waals surface area contributed by atoms with E-state index >= 15 is 0 Å². The Bertz CT molecular complexity index is 308. The maximum atomic E-state index is 10.4. The highest BCUT2D eigenvalue weighted by Gasteiger charge is 2.21. The maximum absolute atomic E-state index is 10.4. The molecule has 1 rings (SSSR count). The summed E-state index contributed by atoms with van der Waals surface area (Å²) in [6, 6.07) is 0. The fraction of sp³-hybridized carbons (Fsp3) is 0.400. The van der Waals surface area contributed by atoms with Crippen molar-refractivity contribution in [3.05, 3.63) is 10.1 Å². The summed E-state index contributed by atoms with van der Waals surface area (Å²) in [5.41, 5.74) is 5.33. The zero-order valence-corrected chi connectivity index (χ0v) is 7.46. The lowest BCUT2D eigenvalue weighted by molar-refractivity contribution is -0.379.